The minimum absolute atomic E-state index is 0.252. The highest BCUT2D eigenvalue weighted by Gasteiger charge is 2.13. The molecule has 3 rings (SSSR count). The number of nitrogens with zero attached hydrogens (tertiary/aromatic N) is 3. The van der Waals surface area contributed by atoms with Crippen LogP contribution in [0.15, 0.2) is 17.8 Å². The van der Waals surface area contributed by atoms with Crippen LogP contribution < -0.4 is 5.73 Å². The second-order valence-electron chi connectivity index (χ2n) is 3.46. The van der Waals surface area contributed by atoms with E-state index in [1.165, 1.54) is 5.56 Å². The average Bonchev–Trinajstić information content (AvgIpc) is 2.84. The van der Waals surface area contributed by atoms with Gasteiger partial charge >= 0.3 is 0 Å². The van der Waals surface area contributed by atoms with Crippen LogP contribution >= 0.6 is 11.3 Å². The van der Waals surface area contributed by atoms with E-state index in [1.54, 1.807) is 17.7 Å². The summed E-state index contributed by atoms with van der Waals surface area (Å²) in [6.45, 7) is 2.05. The fourth-order valence-electron chi connectivity index (χ4n) is 1.63. The molecule has 0 aliphatic heterocycles. The summed E-state index contributed by atoms with van der Waals surface area (Å²) in [5.74, 6) is 0.252. The number of nitrogens with one attached hydrogen (secondary N) is 1. The summed E-state index contributed by atoms with van der Waals surface area (Å²) in [4.78, 5) is 16.6. The molecule has 0 radical (unpaired) electrons. The first kappa shape index (κ1) is 9.29. The van der Waals surface area contributed by atoms with Crippen molar-refractivity contribution >= 4 is 28.4 Å². The smallest absolute Gasteiger partial charge is 0.222 e. The van der Waals surface area contributed by atoms with Gasteiger partial charge in [0.2, 0.25) is 5.95 Å². The number of anilines is 1. The van der Waals surface area contributed by atoms with E-state index in [1.807, 2.05) is 12.3 Å². The highest BCUT2D eigenvalue weighted by Crippen LogP contribution is 2.31. The molecule has 0 spiro atoms. The third-order valence-corrected chi connectivity index (χ3v) is 3.40. The second kappa shape index (κ2) is 3.28. The molecule has 3 aromatic heterocycles. The van der Waals surface area contributed by atoms with Crippen molar-refractivity contribution in [2.24, 2.45) is 0 Å². The molecule has 3 aromatic rings. The molecule has 0 atom stereocenters. The lowest BCUT2D eigenvalue weighted by atomic mass is 10.2. The van der Waals surface area contributed by atoms with E-state index < -0.39 is 0 Å². The Balaban J connectivity index is 2.38. The Labute approximate surface area is 95.4 Å². The van der Waals surface area contributed by atoms with Gasteiger partial charge in [-0.2, -0.15) is 4.98 Å². The molecule has 80 valence electrons. The molecule has 0 unspecified atom stereocenters. The summed E-state index contributed by atoms with van der Waals surface area (Å²) in [5, 5.41) is 2.03. The Hall–Kier alpha value is -1.95. The zero-order valence-corrected chi connectivity index (χ0v) is 9.38. The topological polar surface area (TPSA) is 80.5 Å². The van der Waals surface area contributed by atoms with E-state index in [0.29, 0.717) is 5.65 Å². The van der Waals surface area contributed by atoms with E-state index in [2.05, 4.69) is 26.0 Å². The van der Waals surface area contributed by atoms with Crippen LogP contribution in [0.25, 0.3) is 21.7 Å². The van der Waals surface area contributed by atoms with Gasteiger partial charge in [-0.1, -0.05) is 0 Å². The number of aromatic nitrogens is 4. The molecule has 5 nitrogen and oxygen atoms in total. The Morgan fingerprint density at radius 1 is 1.38 bits per heavy atom. The Morgan fingerprint density at radius 2 is 2.25 bits per heavy atom. The fourth-order valence-corrected chi connectivity index (χ4v) is 2.55. The third-order valence-electron chi connectivity index (χ3n) is 2.38. The predicted octanol–water partition coefficient (Wildman–Crippen LogP) is 1.97. The van der Waals surface area contributed by atoms with Crippen molar-refractivity contribution in [2.75, 3.05) is 5.73 Å². The molecule has 3 heterocycles. The molecular weight excluding hydrogens is 222 g/mol. The van der Waals surface area contributed by atoms with Crippen LogP contribution in [-0.2, 0) is 0 Å². The van der Waals surface area contributed by atoms with E-state index in [-0.39, 0.29) is 5.95 Å². The molecule has 0 saturated carbocycles. The molecule has 0 fully saturated rings. The van der Waals surface area contributed by atoms with Crippen molar-refractivity contribution in [2.45, 2.75) is 6.92 Å². The van der Waals surface area contributed by atoms with Crippen LogP contribution in [-0.4, -0.2) is 19.9 Å². The number of imidazole rings is 1. The normalized spacial score (nSPS) is 11.1. The molecule has 0 amide bonds. The monoisotopic (exact) mass is 231 g/mol. The lowest BCUT2D eigenvalue weighted by Crippen LogP contribution is -1.97. The van der Waals surface area contributed by atoms with Gasteiger partial charge in [0.25, 0.3) is 0 Å². The van der Waals surface area contributed by atoms with Crippen molar-refractivity contribution in [1.29, 1.82) is 0 Å². The number of hydrogen-bond acceptors (Lipinski definition) is 5. The Kier molecular flexibility index (Phi) is 1.90. The van der Waals surface area contributed by atoms with E-state index in [4.69, 9.17) is 5.73 Å². The van der Waals surface area contributed by atoms with Gasteiger partial charge in [-0.15, -0.1) is 11.3 Å². The molecular formula is C10H9N5S. The molecule has 0 aromatic carbocycles. The maximum Gasteiger partial charge on any atom is 0.222 e. The number of hydrogen-bond donors (Lipinski definition) is 2. The van der Waals surface area contributed by atoms with E-state index >= 15 is 0 Å². The molecule has 6 heteroatoms. The zero-order chi connectivity index (χ0) is 11.1. The maximum absolute atomic E-state index is 5.67. The maximum atomic E-state index is 5.67. The van der Waals surface area contributed by atoms with Crippen LogP contribution in [0, 0.1) is 6.92 Å². The molecule has 16 heavy (non-hydrogen) atoms. The summed E-state index contributed by atoms with van der Waals surface area (Å²) >= 11 is 1.64. The summed E-state index contributed by atoms with van der Waals surface area (Å²) in [6, 6.07) is 2.06. The lowest BCUT2D eigenvalue weighted by molar-refractivity contribution is 1.22. The van der Waals surface area contributed by atoms with Crippen molar-refractivity contribution < 1.29 is 0 Å². The fraction of sp³-hybridized carbons (Fsp3) is 0.100. The van der Waals surface area contributed by atoms with Crippen LogP contribution in [0.5, 0.6) is 0 Å². The zero-order valence-electron chi connectivity index (χ0n) is 8.56. The van der Waals surface area contributed by atoms with Gasteiger partial charge in [0.05, 0.1) is 11.2 Å². The van der Waals surface area contributed by atoms with Gasteiger partial charge in [-0.25, -0.2) is 9.97 Å². The number of nitrogens with two attached hydrogens (primary N) is 1. The highest BCUT2D eigenvalue weighted by atomic mass is 32.1. The lowest BCUT2D eigenvalue weighted by Gasteiger charge is -2.01. The van der Waals surface area contributed by atoms with Gasteiger partial charge in [0.15, 0.2) is 5.65 Å². The molecule has 0 aliphatic rings. The quantitative estimate of drug-likeness (QED) is 0.671. The number of nitrogen functional groups attached to an aromatic ring is 1. The molecule has 0 saturated heterocycles. The van der Waals surface area contributed by atoms with E-state index in [0.717, 1.165) is 16.1 Å². The molecule has 0 bridgehead atoms. The number of rotatable bonds is 1. The minimum Gasteiger partial charge on any atom is -0.368 e. The number of H-pyrrole nitrogens is 1. The summed E-state index contributed by atoms with van der Waals surface area (Å²) in [7, 11) is 0. The largest absolute Gasteiger partial charge is 0.368 e. The first-order valence-electron chi connectivity index (χ1n) is 4.77. The highest BCUT2D eigenvalue weighted by molar-refractivity contribution is 7.13. The van der Waals surface area contributed by atoms with Crippen LogP contribution in [0.3, 0.4) is 0 Å². The van der Waals surface area contributed by atoms with Crippen LogP contribution in [0.2, 0.25) is 0 Å². The Bertz CT molecular complexity index is 654. The molecule has 3 N–H and O–H groups in total. The van der Waals surface area contributed by atoms with Crippen molar-refractivity contribution in [3.8, 4) is 10.6 Å². The minimum atomic E-state index is 0.252. The summed E-state index contributed by atoms with van der Waals surface area (Å²) in [5.41, 5.74) is 9.11. The number of thiophene rings is 1. The van der Waals surface area contributed by atoms with Gasteiger partial charge in [0.1, 0.15) is 11.2 Å². The molecule has 0 aliphatic carbocycles. The summed E-state index contributed by atoms with van der Waals surface area (Å²) in [6.07, 6.45) is 1.60. The Morgan fingerprint density at radius 3 is 3.00 bits per heavy atom. The predicted molar refractivity (Wildman–Crippen MR) is 64.1 cm³/mol. The standard InChI is InChI=1S/C10H9N5S/c1-5-2-3-16-8(5)6-7-9(13-4-12-7)15-10(11)14-6/h2-4H,1H3,(H3,11,12,13,14,15). The average molecular weight is 231 g/mol. The van der Waals surface area contributed by atoms with Gasteiger partial charge in [-0.3, -0.25) is 0 Å². The third kappa shape index (κ3) is 1.27. The van der Waals surface area contributed by atoms with Crippen LogP contribution in [0.4, 0.5) is 5.95 Å². The number of fused-ring (bicyclic) bond motifs is 1. The number of aryl methyl sites for hydroxylation is 1. The SMILES string of the molecule is Cc1ccsc1-c1nc(N)nc2nc[nH]c12. The summed E-state index contributed by atoms with van der Waals surface area (Å²) < 4.78 is 0. The van der Waals surface area contributed by atoms with Gasteiger partial charge in [-0.05, 0) is 23.9 Å². The first-order chi connectivity index (χ1) is 7.75. The number of aromatic amines is 1. The van der Waals surface area contributed by atoms with Crippen molar-refractivity contribution in [3.63, 3.8) is 0 Å². The van der Waals surface area contributed by atoms with Gasteiger partial charge < -0.3 is 10.7 Å². The van der Waals surface area contributed by atoms with Crippen LogP contribution in [0.1, 0.15) is 5.56 Å². The second-order valence-corrected chi connectivity index (χ2v) is 4.38. The van der Waals surface area contributed by atoms with Crippen molar-refractivity contribution in [1.82, 2.24) is 19.9 Å². The first-order valence-corrected chi connectivity index (χ1v) is 5.65. The van der Waals surface area contributed by atoms with E-state index in [9.17, 15) is 0 Å². The van der Waals surface area contributed by atoms with Crippen molar-refractivity contribution in [3.05, 3.63) is 23.3 Å². The van der Waals surface area contributed by atoms with Gasteiger partial charge in [0, 0.05) is 0 Å².